The third-order valence-electron chi connectivity index (χ3n) is 4.29. The van der Waals surface area contributed by atoms with E-state index >= 15 is 0 Å². The third kappa shape index (κ3) is 3.82. The summed E-state index contributed by atoms with van der Waals surface area (Å²) in [6, 6.07) is 0. The van der Waals surface area contributed by atoms with Gasteiger partial charge in [-0.15, -0.1) is 0 Å². The molecule has 2 aromatic heterocycles. The second-order valence-electron chi connectivity index (χ2n) is 6.06. The summed E-state index contributed by atoms with van der Waals surface area (Å²) in [4.78, 5) is 17.3. The van der Waals surface area contributed by atoms with Crippen molar-refractivity contribution in [2.45, 2.75) is 44.2 Å². The molecule has 130 valence electrons. The molecule has 1 saturated carbocycles. The first-order valence-electron chi connectivity index (χ1n) is 8.12. The highest BCUT2D eigenvalue weighted by Crippen LogP contribution is 2.40. The lowest BCUT2D eigenvalue weighted by Gasteiger charge is -2.30. The summed E-state index contributed by atoms with van der Waals surface area (Å²) >= 11 is 1.34. The van der Waals surface area contributed by atoms with Gasteiger partial charge in [0.15, 0.2) is 5.13 Å². The summed E-state index contributed by atoms with van der Waals surface area (Å²) in [5.74, 6) is -0.254. The first-order chi connectivity index (χ1) is 11.6. The van der Waals surface area contributed by atoms with E-state index in [1.165, 1.54) is 17.5 Å². The Hall–Kier alpha value is -1.77. The van der Waals surface area contributed by atoms with Gasteiger partial charge in [0.2, 0.25) is 0 Å². The zero-order valence-corrected chi connectivity index (χ0v) is 14.5. The fraction of sp³-hybridized carbons (Fsp3) is 0.562. The number of anilines is 1. The first-order valence-corrected chi connectivity index (χ1v) is 8.94. The van der Waals surface area contributed by atoms with Gasteiger partial charge in [0, 0.05) is 19.5 Å². The van der Waals surface area contributed by atoms with Crippen LogP contribution in [0.4, 0.5) is 5.13 Å². The number of nitrogens with zero attached hydrogens (tertiary/aromatic N) is 3. The van der Waals surface area contributed by atoms with E-state index in [0.29, 0.717) is 23.8 Å². The molecule has 2 N–H and O–H groups in total. The van der Waals surface area contributed by atoms with Gasteiger partial charge in [-0.3, -0.25) is 14.8 Å². The van der Waals surface area contributed by atoms with Gasteiger partial charge in [-0.05, 0) is 12.8 Å². The van der Waals surface area contributed by atoms with Crippen molar-refractivity contribution in [3.8, 4) is 0 Å². The largest absolute Gasteiger partial charge is 0.384 e. The molecule has 2 heterocycles. The lowest BCUT2D eigenvalue weighted by Crippen LogP contribution is -2.27. The van der Waals surface area contributed by atoms with Crippen LogP contribution in [0.2, 0.25) is 0 Å². The second kappa shape index (κ2) is 7.42. The van der Waals surface area contributed by atoms with Gasteiger partial charge < -0.3 is 9.84 Å². The second-order valence-corrected chi connectivity index (χ2v) is 7.09. The van der Waals surface area contributed by atoms with E-state index < -0.39 is 5.60 Å². The molecule has 0 spiro atoms. The molecule has 0 unspecified atom stereocenters. The van der Waals surface area contributed by atoms with Crippen LogP contribution in [0, 0.1) is 0 Å². The molecule has 1 fully saturated rings. The summed E-state index contributed by atoms with van der Waals surface area (Å²) in [6.07, 6.45) is 9.61. The zero-order valence-electron chi connectivity index (χ0n) is 13.7. The normalized spacial score (nSPS) is 16.9. The van der Waals surface area contributed by atoms with Gasteiger partial charge in [0.25, 0.3) is 5.91 Å². The average molecular weight is 350 g/mol. The van der Waals surface area contributed by atoms with Crippen molar-refractivity contribution >= 4 is 22.4 Å². The van der Waals surface area contributed by atoms with Gasteiger partial charge >= 0.3 is 0 Å². The standard InChI is InChI=1S/C16H22N4O3S/c1-23-8-7-20-11-12(9-18-20)14(21)19-15-17-10-13(24-15)16(22)5-3-2-4-6-16/h9-11,22H,2-8H2,1H3,(H,17,19,21). The predicted molar refractivity (Wildman–Crippen MR) is 91.2 cm³/mol. The van der Waals surface area contributed by atoms with E-state index in [2.05, 4.69) is 15.4 Å². The van der Waals surface area contributed by atoms with Crippen molar-refractivity contribution in [2.24, 2.45) is 0 Å². The summed E-state index contributed by atoms with van der Waals surface area (Å²) in [5, 5.41) is 18.1. The number of hydrogen-bond acceptors (Lipinski definition) is 6. The topological polar surface area (TPSA) is 89.3 Å². The van der Waals surface area contributed by atoms with E-state index in [-0.39, 0.29) is 5.91 Å². The molecule has 24 heavy (non-hydrogen) atoms. The molecule has 0 bridgehead atoms. The number of carbonyl (C=O) groups excluding carboxylic acids is 1. The fourth-order valence-corrected chi connectivity index (χ4v) is 3.84. The fourth-order valence-electron chi connectivity index (χ4n) is 2.89. The highest BCUT2D eigenvalue weighted by atomic mass is 32.1. The minimum atomic E-state index is -0.788. The number of rotatable bonds is 6. The first kappa shape index (κ1) is 17.1. The number of nitrogens with one attached hydrogen (secondary N) is 1. The van der Waals surface area contributed by atoms with Gasteiger partial charge in [-0.1, -0.05) is 30.6 Å². The molecular formula is C16H22N4O3S. The number of amides is 1. The van der Waals surface area contributed by atoms with Crippen LogP contribution in [-0.4, -0.2) is 39.5 Å². The summed E-state index contributed by atoms with van der Waals surface area (Å²) < 4.78 is 6.65. The Morgan fingerprint density at radius 1 is 1.42 bits per heavy atom. The van der Waals surface area contributed by atoms with Crippen LogP contribution in [0.3, 0.4) is 0 Å². The lowest BCUT2D eigenvalue weighted by atomic mass is 9.84. The highest BCUT2D eigenvalue weighted by Gasteiger charge is 2.33. The molecule has 1 amide bonds. The predicted octanol–water partition coefficient (Wildman–Crippen LogP) is 2.39. The van der Waals surface area contributed by atoms with E-state index in [1.807, 2.05) is 0 Å². The smallest absolute Gasteiger partial charge is 0.260 e. The molecule has 8 heteroatoms. The summed E-state index contributed by atoms with van der Waals surface area (Å²) in [6.45, 7) is 1.13. The van der Waals surface area contributed by atoms with Crippen molar-refractivity contribution in [2.75, 3.05) is 19.0 Å². The Bertz CT molecular complexity index is 691. The van der Waals surface area contributed by atoms with Gasteiger partial charge in [0.05, 0.1) is 29.8 Å². The number of hydrogen-bond donors (Lipinski definition) is 2. The van der Waals surface area contributed by atoms with E-state index in [9.17, 15) is 9.90 Å². The summed E-state index contributed by atoms with van der Waals surface area (Å²) in [7, 11) is 1.62. The van der Waals surface area contributed by atoms with Gasteiger partial charge in [-0.25, -0.2) is 4.98 Å². The molecule has 0 aromatic carbocycles. The molecular weight excluding hydrogens is 328 g/mol. The molecule has 0 radical (unpaired) electrons. The average Bonchev–Trinajstić information content (AvgIpc) is 3.23. The molecule has 1 aliphatic rings. The number of aliphatic hydroxyl groups is 1. The number of ether oxygens (including phenoxy) is 1. The van der Waals surface area contributed by atoms with Crippen molar-refractivity contribution in [1.29, 1.82) is 0 Å². The maximum Gasteiger partial charge on any atom is 0.260 e. The van der Waals surface area contributed by atoms with E-state index in [0.717, 1.165) is 37.0 Å². The van der Waals surface area contributed by atoms with Crippen molar-refractivity contribution in [1.82, 2.24) is 14.8 Å². The monoisotopic (exact) mass is 350 g/mol. The SMILES string of the molecule is COCCn1cc(C(=O)Nc2ncc(C3(O)CCCCC3)s2)cn1. The summed E-state index contributed by atoms with van der Waals surface area (Å²) in [5.41, 5.74) is -0.316. The van der Waals surface area contributed by atoms with Gasteiger partial charge in [0.1, 0.15) is 5.60 Å². The van der Waals surface area contributed by atoms with Crippen LogP contribution >= 0.6 is 11.3 Å². The van der Waals surface area contributed by atoms with Gasteiger partial charge in [-0.2, -0.15) is 5.10 Å². The molecule has 0 aliphatic heterocycles. The molecule has 0 atom stereocenters. The molecule has 3 rings (SSSR count). The molecule has 7 nitrogen and oxygen atoms in total. The van der Waals surface area contributed by atoms with Crippen molar-refractivity contribution < 1.29 is 14.6 Å². The quantitative estimate of drug-likeness (QED) is 0.835. The maximum atomic E-state index is 12.3. The Morgan fingerprint density at radius 2 is 2.21 bits per heavy atom. The number of aromatic nitrogens is 3. The minimum Gasteiger partial charge on any atom is -0.384 e. The van der Waals surface area contributed by atoms with Crippen LogP contribution < -0.4 is 5.32 Å². The molecule has 0 saturated heterocycles. The minimum absolute atomic E-state index is 0.254. The number of thiazole rings is 1. The van der Waals surface area contributed by atoms with Crippen LogP contribution in [0.15, 0.2) is 18.6 Å². The van der Waals surface area contributed by atoms with Crippen molar-refractivity contribution in [3.05, 3.63) is 29.0 Å². The number of carbonyl (C=O) groups is 1. The lowest BCUT2D eigenvalue weighted by molar-refractivity contribution is 0.00264. The number of methoxy groups -OCH3 is 1. The van der Waals surface area contributed by atoms with E-state index in [1.54, 1.807) is 24.2 Å². The van der Waals surface area contributed by atoms with E-state index in [4.69, 9.17) is 4.74 Å². The van der Waals surface area contributed by atoms with Crippen molar-refractivity contribution in [3.63, 3.8) is 0 Å². The zero-order chi connectivity index (χ0) is 17.0. The Kier molecular flexibility index (Phi) is 5.27. The van der Waals surface area contributed by atoms with Crippen LogP contribution in [0.25, 0.3) is 0 Å². The Morgan fingerprint density at radius 3 is 2.96 bits per heavy atom. The molecule has 1 aliphatic carbocycles. The van der Waals surface area contributed by atoms with Crippen LogP contribution in [0.5, 0.6) is 0 Å². The molecule has 2 aromatic rings. The third-order valence-corrected chi connectivity index (χ3v) is 5.39. The van der Waals surface area contributed by atoms with Crippen LogP contribution in [-0.2, 0) is 16.9 Å². The Balaban J connectivity index is 1.63. The Labute approximate surface area is 144 Å². The highest BCUT2D eigenvalue weighted by molar-refractivity contribution is 7.15. The van der Waals surface area contributed by atoms with Crippen LogP contribution in [0.1, 0.15) is 47.3 Å². The maximum absolute atomic E-state index is 12.3.